The van der Waals surface area contributed by atoms with Crippen molar-refractivity contribution in [3.63, 3.8) is 0 Å². The molecule has 4 aliphatic carbocycles. The fourth-order valence-electron chi connectivity index (χ4n) is 5.87. The lowest BCUT2D eigenvalue weighted by Crippen LogP contribution is -2.43. The summed E-state index contributed by atoms with van der Waals surface area (Å²) >= 11 is 0. The Morgan fingerprint density at radius 1 is 0.864 bits per heavy atom. The Labute approximate surface area is 133 Å². The molecule has 0 aromatic heterocycles. The van der Waals surface area contributed by atoms with E-state index < -0.39 is 0 Å². The van der Waals surface area contributed by atoms with Gasteiger partial charge in [-0.25, -0.2) is 0 Å². The summed E-state index contributed by atoms with van der Waals surface area (Å²) in [7, 11) is 0. The van der Waals surface area contributed by atoms with E-state index in [2.05, 4.69) is 26.8 Å². The van der Waals surface area contributed by atoms with Crippen molar-refractivity contribution in [1.82, 2.24) is 0 Å². The van der Waals surface area contributed by atoms with Crippen LogP contribution >= 0.6 is 0 Å². The smallest absolute Gasteiger partial charge is 0.161 e. The van der Waals surface area contributed by atoms with Gasteiger partial charge in [0.25, 0.3) is 0 Å². The van der Waals surface area contributed by atoms with Crippen molar-refractivity contribution in [2.24, 2.45) is 23.7 Å². The zero-order chi connectivity index (χ0) is 15.6. The Kier molecular flexibility index (Phi) is 3.05. The minimum atomic E-state index is -0.149. The third-order valence-corrected chi connectivity index (χ3v) is 6.53. The maximum absolute atomic E-state index is 10.3. The van der Waals surface area contributed by atoms with E-state index in [1.54, 1.807) is 0 Å². The molecule has 0 amide bonds. The Balaban J connectivity index is 1.75. The molecule has 22 heavy (non-hydrogen) atoms. The van der Waals surface area contributed by atoms with E-state index in [1.807, 2.05) is 6.07 Å². The zero-order valence-corrected chi connectivity index (χ0v) is 14.0. The molecule has 4 saturated carbocycles. The van der Waals surface area contributed by atoms with Crippen molar-refractivity contribution < 1.29 is 10.2 Å². The molecule has 0 saturated heterocycles. The van der Waals surface area contributed by atoms with Crippen LogP contribution in [0.2, 0.25) is 0 Å². The molecule has 120 valence electrons. The molecule has 1 aromatic carbocycles. The second-order valence-corrected chi connectivity index (χ2v) is 9.14. The molecule has 2 N–H and O–H groups in total. The number of hydrogen-bond acceptors (Lipinski definition) is 2. The van der Waals surface area contributed by atoms with Crippen molar-refractivity contribution in [2.75, 3.05) is 0 Å². The maximum atomic E-state index is 10.3. The Bertz CT molecular complexity index is 568. The van der Waals surface area contributed by atoms with Crippen LogP contribution in [0.5, 0.6) is 11.5 Å². The van der Waals surface area contributed by atoms with Gasteiger partial charge in [-0.2, -0.15) is 0 Å². The molecule has 0 radical (unpaired) electrons. The van der Waals surface area contributed by atoms with Crippen LogP contribution in [-0.2, 0) is 5.41 Å². The van der Waals surface area contributed by atoms with Crippen LogP contribution in [0.15, 0.2) is 12.1 Å². The summed E-state index contributed by atoms with van der Waals surface area (Å²) in [6, 6.07) is 4.03. The normalized spacial score (nSPS) is 36.8. The van der Waals surface area contributed by atoms with Crippen LogP contribution in [0.3, 0.4) is 0 Å². The third-order valence-electron chi connectivity index (χ3n) is 6.53. The van der Waals surface area contributed by atoms with Crippen LogP contribution in [0.1, 0.15) is 69.9 Å². The molecule has 0 unspecified atom stereocenters. The molecule has 2 nitrogen and oxygen atoms in total. The van der Waals surface area contributed by atoms with Crippen molar-refractivity contribution in [3.05, 3.63) is 23.3 Å². The average Bonchev–Trinajstić information content (AvgIpc) is 2.39. The van der Waals surface area contributed by atoms with E-state index in [4.69, 9.17) is 0 Å². The molecule has 0 heterocycles. The monoisotopic (exact) mass is 300 g/mol. The third kappa shape index (κ3) is 2.14. The van der Waals surface area contributed by atoms with Crippen molar-refractivity contribution in [3.8, 4) is 11.5 Å². The summed E-state index contributed by atoms with van der Waals surface area (Å²) in [5.41, 5.74) is 2.01. The number of benzene rings is 1. The molecule has 4 fully saturated rings. The molecular formula is C20H28O2. The molecular weight excluding hydrogens is 272 g/mol. The van der Waals surface area contributed by atoms with Gasteiger partial charge in [0.05, 0.1) is 0 Å². The van der Waals surface area contributed by atoms with E-state index in [1.165, 1.54) is 37.7 Å². The molecule has 0 aliphatic heterocycles. The van der Waals surface area contributed by atoms with Gasteiger partial charge in [-0.05, 0) is 78.7 Å². The molecule has 2 heteroatoms. The van der Waals surface area contributed by atoms with E-state index in [-0.39, 0.29) is 16.9 Å². The Morgan fingerprint density at radius 2 is 1.41 bits per heavy atom. The van der Waals surface area contributed by atoms with Gasteiger partial charge in [-0.15, -0.1) is 0 Å². The molecule has 0 atom stereocenters. The van der Waals surface area contributed by atoms with Crippen LogP contribution in [0, 0.1) is 23.7 Å². The molecule has 4 aliphatic rings. The van der Waals surface area contributed by atoms with Gasteiger partial charge in [0.15, 0.2) is 11.5 Å². The van der Waals surface area contributed by atoms with Gasteiger partial charge in [-0.1, -0.05) is 26.8 Å². The van der Waals surface area contributed by atoms with Gasteiger partial charge < -0.3 is 10.2 Å². The zero-order valence-electron chi connectivity index (χ0n) is 14.0. The van der Waals surface area contributed by atoms with Gasteiger partial charge >= 0.3 is 0 Å². The fourth-order valence-corrected chi connectivity index (χ4v) is 5.87. The summed E-state index contributed by atoms with van der Waals surface area (Å²) in [6.45, 7) is 6.30. The van der Waals surface area contributed by atoms with Crippen molar-refractivity contribution >= 4 is 0 Å². The van der Waals surface area contributed by atoms with Gasteiger partial charge in [-0.3, -0.25) is 0 Å². The second kappa shape index (κ2) is 4.66. The predicted octanol–water partition coefficient (Wildman–Crippen LogP) is 4.94. The molecule has 5 rings (SSSR count). The highest BCUT2D eigenvalue weighted by Crippen LogP contribution is 2.60. The first-order chi connectivity index (χ1) is 10.3. The van der Waals surface area contributed by atoms with Crippen LogP contribution in [0.25, 0.3) is 0 Å². The molecule has 1 aromatic rings. The fraction of sp³-hybridized carbons (Fsp3) is 0.700. The molecule has 4 bridgehead atoms. The number of rotatable bonds is 1. The lowest BCUT2D eigenvalue weighted by molar-refractivity contribution is -0.00288. The highest BCUT2D eigenvalue weighted by molar-refractivity contribution is 5.51. The first-order valence-corrected chi connectivity index (χ1v) is 8.89. The van der Waals surface area contributed by atoms with Gasteiger partial charge in [0.1, 0.15) is 0 Å². The van der Waals surface area contributed by atoms with Crippen LogP contribution in [-0.4, -0.2) is 10.2 Å². The summed E-state index contributed by atoms with van der Waals surface area (Å²) in [5.74, 6) is 4.26. The SMILES string of the molecule is CC(C)(C)c1cc(C2C3CC4CC(C3)CC2C4)cc(O)c1O. The first kappa shape index (κ1) is 14.4. The lowest BCUT2D eigenvalue weighted by atomic mass is 9.50. The van der Waals surface area contributed by atoms with E-state index >= 15 is 0 Å². The summed E-state index contributed by atoms with van der Waals surface area (Å²) in [4.78, 5) is 0. The largest absolute Gasteiger partial charge is 0.504 e. The highest BCUT2D eigenvalue weighted by atomic mass is 16.3. The van der Waals surface area contributed by atoms with Crippen LogP contribution < -0.4 is 0 Å². The topological polar surface area (TPSA) is 40.5 Å². The number of hydrogen-bond donors (Lipinski definition) is 2. The van der Waals surface area contributed by atoms with E-state index in [9.17, 15) is 10.2 Å². The first-order valence-electron chi connectivity index (χ1n) is 8.89. The standard InChI is InChI=1S/C20H28O2/c1-20(2,3)16-9-15(10-17(21)19(16)22)18-13-5-11-4-12(7-13)8-14(18)6-11/h9-14,18,21-22H,4-8H2,1-3H3. The summed E-state index contributed by atoms with van der Waals surface area (Å²) < 4.78 is 0. The summed E-state index contributed by atoms with van der Waals surface area (Å²) in [6.07, 6.45) is 6.98. The molecule has 0 spiro atoms. The number of phenolic OH excluding ortho intramolecular Hbond substituents is 2. The number of aromatic hydroxyl groups is 2. The minimum Gasteiger partial charge on any atom is -0.504 e. The maximum Gasteiger partial charge on any atom is 0.161 e. The van der Waals surface area contributed by atoms with Crippen molar-refractivity contribution in [1.29, 1.82) is 0 Å². The lowest BCUT2D eigenvalue weighted by Gasteiger charge is -2.54. The highest BCUT2D eigenvalue weighted by Gasteiger charge is 2.48. The van der Waals surface area contributed by atoms with Gasteiger partial charge in [0, 0.05) is 5.56 Å². The quantitative estimate of drug-likeness (QED) is 0.722. The Hall–Kier alpha value is -1.18. The predicted molar refractivity (Wildman–Crippen MR) is 88.3 cm³/mol. The van der Waals surface area contributed by atoms with Gasteiger partial charge in [0.2, 0.25) is 0 Å². The average molecular weight is 300 g/mol. The minimum absolute atomic E-state index is 0.0660. The number of phenols is 2. The van der Waals surface area contributed by atoms with E-state index in [0.717, 1.165) is 29.2 Å². The van der Waals surface area contributed by atoms with E-state index in [0.29, 0.717) is 5.92 Å². The van der Waals surface area contributed by atoms with Crippen molar-refractivity contribution in [2.45, 2.75) is 64.2 Å². The second-order valence-electron chi connectivity index (χ2n) is 9.14. The Morgan fingerprint density at radius 3 is 1.91 bits per heavy atom. The summed E-state index contributed by atoms with van der Waals surface area (Å²) in [5, 5.41) is 20.5. The van der Waals surface area contributed by atoms with Crippen LogP contribution in [0.4, 0.5) is 0 Å².